The molecule has 2 fully saturated rings. The summed E-state index contributed by atoms with van der Waals surface area (Å²) in [5.74, 6) is -0.913. The number of hydrogen-bond donors (Lipinski definition) is 1. The lowest BCUT2D eigenvalue weighted by Gasteiger charge is -2.39. The summed E-state index contributed by atoms with van der Waals surface area (Å²) < 4.78 is 36.0. The van der Waals surface area contributed by atoms with Crippen LogP contribution >= 0.6 is 11.9 Å². The number of benzene rings is 1. The molecule has 7 heteroatoms. The van der Waals surface area contributed by atoms with Crippen LogP contribution in [0.4, 0.5) is 8.78 Å². The Balaban J connectivity index is 1.18. The van der Waals surface area contributed by atoms with Crippen molar-refractivity contribution in [1.82, 2.24) is 9.21 Å². The van der Waals surface area contributed by atoms with Gasteiger partial charge in [-0.2, -0.15) is 0 Å². The van der Waals surface area contributed by atoms with Crippen LogP contribution in [0.1, 0.15) is 30.9 Å². The highest BCUT2D eigenvalue weighted by Gasteiger charge is 2.39. The molecule has 1 aliphatic carbocycles. The van der Waals surface area contributed by atoms with Crippen molar-refractivity contribution in [3.05, 3.63) is 46.5 Å². The number of rotatable bonds is 4. The molecule has 1 saturated heterocycles. The lowest BCUT2D eigenvalue weighted by atomic mass is 9.93. The first-order valence-corrected chi connectivity index (χ1v) is 10.6. The molecule has 3 aliphatic heterocycles. The molecule has 3 unspecified atom stereocenters. The average Bonchev–Trinajstić information content (AvgIpc) is 3.24. The predicted octanol–water partition coefficient (Wildman–Crippen LogP) is 2.86. The Kier molecular flexibility index (Phi) is 4.76. The zero-order valence-corrected chi connectivity index (χ0v) is 16.1. The van der Waals surface area contributed by atoms with Crippen LogP contribution in [0.5, 0.6) is 0 Å². The van der Waals surface area contributed by atoms with Gasteiger partial charge in [0.1, 0.15) is 17.7 Å². The van der Waals surface area contributed by atoms with Crippen LogP contribution in [0.3, 0.4) is 0 Å². The number of ether oxygens (including phenoxy) is 1. The van der Waals surface area contributed by atoms with Crippen LogP contribution in [-0.2, 0) is 4.74 Å². The molecule has 3 heterocycles. The third-order valence-electron chi connectivity index (χ3n) is 6.03. The van der Waals surface area contributed by atoms with E-state index < -0.39 is 17.7 Å². The normalized spacial score (nSPS) is 32.3. The van der Waals surface area contributed by atoms with Gasteiger partial charge in [0.15, 0.2) is 0 Å². The first-order valence-electron chi connectivity index (χ1n) is 9.74. The van der Waals surface area contributed by atoms with Gasteiger partial charge in [0.25, 0.3) is 0 Å². The summed E-state index contributed by atoms with van der Waals surface area (Å²) >= 11 is 2.03. The van der Waals surface area contributed by atoms with E-state index in [9.17, 15) is 8.78 Å². The summed E-state index contributed by atoms with van der Waals surface area (Å²) in [7, 11) is 0. The van der Waals surface area contributed by atoms with Crippen molar-refractivity contribution in [2.75, 3.05) is 32.8 Å². The minimum atomic E-state index is -0.579. The van der Waals surface area contributed by atoms with Crippen molar-refractivity contribution < 1.29 is 13.5 Å². The molecular weight excluding hydrogens is 368 g/mol. The molecular formula is C20H25F2N3OS. The van der Waals surface area contributed by atoms with Gasteiger partial charge >= 0.3 is 0 Å². The van der Waals surface area contributed by atoms with Gasteiger partial charge < -0.3 is 10.5 Å². The van der Waals surface area contributed by atoms with Gasteiger partial charge in [0.2, 0.25) is 0 Å². The Hall–Kier alpha value is -0.990. The Bertz CT molecular complexity index is 752. The molecule has 0 radical (unpaired) electrons. The Morgan fingerprint density at radius 1 is 1.07 bits per heavy atom. The van der Waals surface area contributed by atoms with Crippen molar-refractivity contribution in [3.63, 3.8) is 0 Å². The molecule has 1 saturated carbocycles. The van der Waals surface area contributed by atoms with E-state index in [4.69, 9.17) is 10.5 Å². The standard InChI is InChI=1S/C20H25F2N3OS/c21-14-1-4-18(22)17(5-14)20-19(23)6-15(11-26-20)24-7-12-9-25(10-13(12)8-24)27-16-2-3-16/h1,4-5,15-16,19-20H,2-3,6-11,23H2. The topological polar surface area (TPSA) is 41.7 Å². The number of nitrogens with two attached hydrogens (primary N) is 1. The third-order valence-corrected chi connectivity index (χ3v) is 7.35. The van der Waals surface area contributed by atoms with E-state index in [0.29, 0.717) is 6.61 Å². The Labute approximate surface area is 162 Å². The monoisotopic (exact) mass is 393 g/mol. The van der Waals surface area contributed by atoms with Crippen LogP contribution in [0, 0.1) is 11.6 Å². The fourth-order valence-electron chi connectivity index (χ4n) is 4.44. The second-order valence-electron chi connectivity index (χ2n) is 8.19. The highest BCUT2D eigenvalue weighted by Crippen LogP contribution is 2.41. The van der Waals surface area contributed by atoms with Crippen molar-refractivity contribution in [1.29, 1.82) is 0 Å². The fourth-order valence-corrected chi connectivity index (χ4v) is 5.67. The molecule has 0 amide bonds. The van der Waals surface area contributed by atoms with Crippen molar-refractivity contribution in [2.24, 2.45) is 5.73 Å². The second-order valence-corrected chi connectivity index (χ2v) is 9.58. The highest BCUT2D eigenvalue weighted by molar-refractivity contribution is 7.97. The summed E-state index contributed by atoms with van der Waals surface area (Å²) in [5.41, 5.74) is 9.66. The van der Waals surface area contributed by atoms with Crippen LogP contribution < -0.4 is 5.73 Å². The second kappa shape index (κ2) is 7.12. The molecule has 4 aliphatic rings. The van der Waals surface area contributed by atoms with Crippen molar-refractivity contribution >= 4 is 11.9 Å². The molecule has 0 aromatic heterocycles. The average molecular weight is 394 g/mol. The maximum Gasteiger partial charge on any atom is 0.129 e. The summed E-state index contributed by atoms with van der Waals surface area (Å²) in [6.45, 7) is 4.62. The minimum Gasteiger partial charge on any atom is -0.370 e. The third kappa shape index (κ3) is 3.68. The summed E-state index contributed by atoms with van der Waals surface area (Å²) in [6, 6.07) is 3.38. The van der Waals surface area contributed by atoms with Gasteiger partial charge in [0, 0.05) is 49.1 Å². The maximum absolute atomic E-state index is 14.1. The molecule has 5 rings (SSSR count). The largest absolute Gasteiger partial charge is 0.370 e. The van der Waals surface area contributed by atoms with E-state index in [1.165, 1.54) is 18.9 Å². The van der Waals surface area contributed by atoms with Gasteiger partial charge in [-0.05, 0) is 48.6 Å². The zero-order valence-electron chi connectivity index (χ0n) is 15.2. The molecule has 1 aromatic carbocycles. The van der Waals surface area contributed by atoms with Crippen LogP contribution in [-0.4, -0.2) is 59.3 Å². The minimum absolute atomic E-state index is 0.232. The summed E-state index contributed by atoms with van der Waals surface area (Å²) in [6.07, 6.45) is 2.89. The molecule has 3 atom stereocenters. The lowest BCUT2D eigenvalue weighted by Crippen LogP contribution is -2.49. The van der Waals surface area contributed by atoms with Gasteiger partial charge in [-0.25, -0.2) is 13.1 Å². The smallest absolute Gasteiger partial charge is 0.129 e. The SMILES string of the molecule is NC1CC(N2CC3=C(CN(SC4CC4)C3)C2)COC1c1cc(F)ccc1F. The fraction of sp³-hybridized carbons (Fsp3) is 0.600. The number of halogens is 2. The molecule has 0 spiro atoms. The summed E-state index contributed by atoms with van der Waals surface area (Å²) in [4.78, 5) is 2.45. The predicted molar refractivity (Wildman–Crippen MR) is 102 cm³/mol. The van der Waals surface area contributed by atoms with Crippen molar-refractivity contribution in [2.45, 2.75) is 42.7 Å². The highest BCUT2D eigenvalue weighted by atomic mass is 32.2. The number of hydrogen-bond acceptors (Lipinski definition) is 5. The Morgan fingerprint density at radius 3 is 2.48 bits per heavy atom. The van der Waals surface area contributed by atoms with Gasteiger partial charge in [0.05, 0.1) is 6.61 Å². The van der Waals surface area contributed by atoms with E-state index in [1.54, 1.807) is 11.1 Å². The van der Waals surface area contributed by atoms with Gasteiger partial charge in [-0.3, -0.25) is 4.90 Å². The van der Waals surface area contributed by atoms with E-state index in [2.05, 4.69) is 9.21 Å². The van der Waals surface area contributed by atoms with Crippen LogP contribution in [0.25, 0.3) is 0 Å². The first kappa shape index (κ1) is 18.1. The summed E-state index contributed by atoms with van der Waals surface area (Å²) in [5, 5.41) is 0.853. The van der Waals surface area contributed by atoms with Gasteiger partial charge in [-0.1, -0.05) is 11.9 Å². The van der Waals surface area contributed by atoms with E-state index >= 15 is 0 Å². The zero-order chi connectivity index (χ0) is 18.5. The molecule has 2 N–H and O–H groups in total. The first-order chi connectivity index (χ1) is 13.1. The Morgan fingerprint density at radius 2 is 1.81 bits per heavy atom. The molecule has 27 heavy (non-hydrogen) atoms. The quantitative estimate of drug-likeness (QED) is 0.629. The van der Waals surface area contributed by atoms with E-state index in [1.807, 2.05) is 11.9 Å². The van der Waals surface area contributed by atoms with E-state index in [-0.39, 0.29) is 17.6 Å². The molecule has 1 aromatic rings. The maximum atomic E-state index is 14.1. The molecule has 4 nitrogen and oxygen atoms in total. The molecule has 0 bridgehead atoms. The lowest BCUT2D eigenvalue weighted by molar-refractivity contribution is -0.0467. The van der Waals surface area contributed by atoms with Crippen molar-refractivity contribution in [3.8, 4) is 0 Å². The van der Waals surface area contributed by atoms with Gasteiger partial charge in [-0.15, -0.1) is 0 Å². The van der Waals surface area contributed by atoms with E-state index in [0.717, 1.165) is 50.0 Å². The van der Waals surface area contributed by atoms with Crippen LogP contribution in [0.15, 0.2) is 29.3 Å². The molecule has 146 valence electrons. The number of nitrogens with zero attached hydrogens (tertiary/aromatic N) is 2. The van der Waals surface area contributed by atoms with Crippen LogP contribution in [0.2, 0.25) is 0 Å².